The summed E-state index contributed by atoms with van der Waals surface area (Å²) in [7, 11) is 1.80. The molecular weight excluding hydrogens is 284 g/mol. The zero-order chi connectivity index (χ0) is 15.2. The van der Waals surface area contributed by atoms with E-state index >= 15 is 0 Å². The van der Waals surface area contributed by atoms with Gasteiger partial charge in [-0.2, -0.15) is 0 Å². The number of hydrogen-bond acceptors (Lipinski definition) is 6. The molecule has 3 rings (SSSR count). The highest BCUT2D eigenvalue weighted by atomic mass is 16.5. The fourth-order valence-electron chi connectivity index (χ4n) is 2.50. The van der Waals surface area contributed by atoms with Gasteiger partial charge in [0.05, 0.1) is 12.2 Å². The van der Waals surface area contributed by atoms with Gasteiger partial charge in [0.2, 0.25) is 0 Å². The Hall–Kier alpha value is -2.35. The summed E-state index contributed by atoms with van der Waals surface area (Å²) in [6, 6.07) is 3.75. The summed E-state index contributed by atoms with van der Waals surface area (Å²) in [5, 5.41) is 11.2. The van der Waals surface area contributed by atoms with Gasteiger partial charge in [0, 0.05) is 51.9 Å². The van der Waals surface area contributed by atoms with Crippen LogP contribution in [0.3, 0.4) is 0 Å². The molecule has 0 atom stereocenters. The van der Waals surface area contributed by atoms with Crippen LogP contribution in [0, 0.1) is 0 Å². The molecule has 8 nitrogen and oxygen atoms in total. The van der Waals surface area contributed by atoms with Crippen LogP contribution in [0.1, 0.15) is 11.4 Å². The molecule has 8 heteroatoms. The topological polar surface area (TPSA) is 82.9 Å². The van der Waals surface area contributed by atoms with Gasteiger partial charge in [-0.25, -0.2) is 0 Å². The van der Waals surface area contributed by atoms with Gasteiger partial charge >= 0.3 is 0 Å². The average Bonchev–Trinajstić information content (AvgIpc) is 3.23. The van der Waals surface area contributed by atoms with Crippen LogP contribution in [0.15, 0.2) is 38.7 Å². The summed E-state index contributed by atoms with van der Waals surface area (Å²) in [4.78, 5) is 8.95. The van der Waals surface area contributed by atoms with Crippen molar-refractivity contribution in [3.05, 3.63) is 36.0 Å². The van der Waals surface area contributed by atoms with E-state index in [0.717, 1.165) is 50.1 Å². The van der Waals surface area contributed by atoms with E-state index in [0.29, 0.717) is 6.54 Å². The Labute approximate surface area is 128 Å². The lowest BCUT2D eigenvalue weighted by Gasteiger charge is -2.36. The van der Waals surface area contributed by atoms with Crippen LogP contribution in [0.2, 0.25) is 0 Å². The van der Waals surface area contributed by atoms with E-state index in [-0.39, 0.29) is 0 Å². The lowest BCUT2D eigenvalue weighted by atomic mass is 10.3. The van der Waals surface area contributed by atoms with E-state index in [1.165, 1.54) is 0 Å². The highest BCUT2D eigenvalue weighted by molar-refractivity contribution is 5.79. The summed E-state index contributed by atoms with van der Waals surface area (Å²) < 4.78 is 9.70. The minimum absolute atomic E-state index is 0.613. The van der Waals surface area contributed by atoms with Gasteiger partial charge in [0.1, 0.15) is 18.2 Å². The van der Waals surface area contributed by atoms with Crippen LogP contribution >= 0.6 is 0 Å². The molecule has 1 N–H and O–H groups in total. The second kappa shape index (κ2) is 7.08. The molecule has 2 aromatic rings. The van der Waals surface area contributed by atoms with Gasteiger partial charge in [-0.05, 0) is 0 Å². The largest absolute Gasteiger partial charge is 0.364 e. The number of guanidine groups is 1. The lowest BCUT2D eigenvalue weighted by Crippen LogP contribution is -2.52. The molecule has 1 aliphatic heterocycles. The molecule has 0 aromatic carbocycles. The number of piperazine rings is 1. The third kappa shape index (κ3) is 3.64. The Morgan fingerprint density at radius 3 is 2.41 bits per heavy atom. The maximum absolute atomic E-state index is 4.87. The number of hydrogen-bond donors (Lipinski definition) is 1. The molecule has 2 aromatic heterocycles. The first-order valence-corrected chi connectivity index (χ1v) is 7.31. The van der Waals surface area contributed by atoms with E-state index in [1.54, 1.807) is 19.6 Å². The predicted molar refractivity (Wildman–Crippen MR) is 80.1 cm³/mol. The second-order valence-electron chi connectivity index (χ2n) is 5.15. The van der Waals surface area contributed by atoms with Gasteiger partial charge in [-0.1, -0.05) is 10.3 Å². The highest BCUT2D eigenvalue weighted by Crippen LogP contribution is 2.07. The maximum atomic E-state index is 4.87. The van der Waals surface area contributed by atoms with E-state index in [4.69, 9.17) is 9.05 Å². The summed E-state index contributed by atoms with van der Waals surface area (Å²) in [5.41, 5.74) is 1.84. The SMILES string of the molecule is CN=C(NCc1ccon1)N1CCN(Cc2ccon2)CC1. The van der Waals surface area contributed by atoms with Crippen LogP contribution in [-0.2, 0) is 13.1 Å². The van der Waals surface area contributed by atoms with Crippen LogP contribution in [0.5, 0.6) is 0 Å². The Morgan fingerprint density at radius 1 is 1.14 bits per heavy atom. The first-order valence-electron chi connectivity index (χ1n) is 7.31. The molecule has 0 saturated carbocycles. The molecule has 118 valence electrons. The van der Waals surface area contributed by atoms with E-state index < -0.39 is 0 Å². The van der Waals surface area contributed by atoms with Crippen LogP contribution in [0.25, 0.3) is 0 Å². The molecule has 1 fully saturated rings. The zero-order valence-corrected chi connectivity index (χ0v) is 12.6. The standard InChI is InChI=1S/C14H20N6O2/c1-15-14(16-10-12-2-8-21-17-12)20-6-4-19(5-7-20)11-13-3-9-22-18-13/h2-3,8-9H,4-7,10-11H2,1H3,(H,15,16). The maximum Gasteiger partial charge on any atom is 0.194 e. The lowest BCUT2D eigenvalue weighted by molar-refractivity contribution is 0.169. The molecule has 22 heavy (non-hydrogen) atoms. The predicted octanol–water partition coefficient (Wildman–Crippen LogP) is 0.556. The zero-order valence-electron chi connectivity index (χ0n) is 12.6. The molecule has 3 heterocycles. The summed E-state index contributed by atoms with van der Waals surface area (Å²) in [6.07, 6.45) is 3.18. The van der Waals surface area contributed by atoms with Gasteiger partial charge in [-0.15, -0.1) is 0 Å². The Morgan fingerprint density at radius 2 is 1.82 bits per heavy atom. The van der Waals surface area contributed by atoms with Crippen molar-refractivity contribution in [2.75, 3.05) is 33.2 Å². The molecule has 0 unspecified atom stereocenters. The summed E-state index contributed by atoms with van der Waals surface area (Å²) in [6.45, 7) is 5.24. The Kier molecular flexibility index (Phi) is 4.69. The monoisotopic (exact) mass is 304 g/mol. The van der Waals surface area contributed by atoms with Crippen LogP contribution < -0.4 is 5.32 Å². The van der Waals surface area contributed by atoms with Gasteiger partial charge in [0.25, 0.3) is 0 Å². The average molecular weight is 304 g/mol. The molecule has 0 bridgehead atoms. The van der Waals surface area contributed by atoms with Crippen LogP contribution in [0.4, 0.5) is 0 Å². The fourth-order valence-corrected chi connectivity index (χ4v) is 2.50. The summed E-state index contributed by atoms with van der Waals surface area (Å²) in [5.74, 6) is 0.893. The number of rotatable bonds is 4. The molecule has 0 radical (unpaired) electrons. The molecule has 0 spiro atoms. The second-order valence-corrected chi connectivity index (χ2v) is 5.15. The van der Waals surface area contributed by atoms with E-state index in [2.05, 4.69) is 30.4 Å². The Balaban J connectivity index is 1.46. The minimum Gasteiger partial charge on any atom is -0.364 e. The quantitative estimate of drug-likeness (QED) is 0.652. The molecule has 0 aliphatic carbocycles. The van der Waals surface area contributed by atoms with Gasteiger partial charge in [-0.3, -0.25) is 9.89 Å². The van der Waals surface area contributed by atoms with Crippen molar-refractivity contribution in [3.63, 3.8) is 0 Å². The van der Waals surface area contributed by atoms with Crippen molar-refractivity contribution in [1.29, 1.82) is 0 Å². The van der Waals surface area contributed by atoms with Crippen LogP contribution in [-0.4, -0.2) is 59.3 Å². The summed E-state index contributed by atoms with van der Waals surface area (Å²) >= 11 is 0. The van der Waals surface area contributed by atoms with Crippen molar-refractivity contribution in [3.8, 4) is 0 Å². The van der Waals surface area contributed by atoms with Crippen molar-refractivity contribution >= 4 is 5.96 Å². The van der Waals surface area contributed by atoms with Crippen molar-refractivity contribution < 1.29 is 9.05 Å². The number of nitrogens with one attached hydrogen (secondary N) is 1. The third-order valence-electron chi connectivity index (χ3n) is 3.68. The first kappa shape index (κ1) is 14.6. The smallest absolute Gasteiger partial charge is 0.194 e. The van der Waals surface area contributed by atoms with Crippen molar-refractivity contribution in [2.45, 2.75) is 13.1 Å². The molecular formula is C14H20N6O2. The number of nitrogens with zero attached hydrogens (tertiary/aromatic N) is 5. The van der Waals surface area contributed by atoms with Gasteiger partial charge < -0.3 is 19.3 Å². The van der Waals surface area contributed by atoms with Crippen molar-refractivity contribution in [2.24, 2.45) is 4.99 Å². The van der Waals surface area contributed by atoms with Crippen molar-refractivity contribution in [1.82, 2.24) is 25.4 Å². The van der Waals surface area contributed by atoms with E-state index in [9.17, 15) is 0 Å². The Bertz CT molecular complexity index is 573. The van der Waals surface area contributed by atoms with E-state index in [1.807, 2.05) is 12.1 Å². The number of aromatic nitrogens is 2. The first-order chi connectivity index (χ1) is 10.8. The fraction of sp³-hybridized carbons (Fsp3) is 0.500. The minimum atomic E-state index is 0.613. The molecule has 1 saturated heterocycles. The normalized spacial score (nSPS) is 17.0. The van der Waals surface area contributed by atoms with Gasteiger partial charge in [0.15, 0.2) is 5.96 Å². The number of aliphatic imine (C=N–C) groups is 1. The highest BCUT2D eigenvalue weighted by Gasteiger charge is 2.20. The third-order valence-corrected chi connectivity index (χ3v) is 3.68. The molecule has 1 aliphatic rings. The molecule has 0 amide bonds.